The fourth-order valence-corrected chi connectivity index (χ4v) is 2.60. The Kier molecular flexibility index (Phi) is 4.60. The lowest BCUT2D eigenvalue weighted by atomic mass is 9.86. The number of rotatable bonds is 5. The van der Waals surface area contributed by atoms with Crippen LogP contribution in [-0.2, 0) is 0 Å². The molecule has 3 N–H and O–H groups in total. The molecule has 2 aromatic rings. The number of nitrogens with one attached hydrogen (secondary N) is 1. The molecule has 0 aromatic heterocycles. The third-order valence-electron chi connectivity index (χ3n) is 3.64. The van der Waals surface area contributed by atoms with Crippen LogP contribution in [-0.4, -0.2) is 28.4 Å². The minimum Gasteiger partial charge on any atom is -0.478 e. The highest BCUT2D eigenvalue weighted by atomic mass is 16.4. The first-order chi connectivity index (χ1) is 10.9. The lowest BCUT2D eigenvalue weighted by Gasteiger charge is -2.17. The van der Waals surface area contributed by atoms with Crippen molar-refractivity contribution in [2.45, 2.75) is 19.8 Å². The van der Waals surface area contributed by atoms with Gasteiger partial charge in [-0.25, -0.2) is 9.59 Å². The van der Waals surface area contributed by atoms with Gasteiger partial charge in [-0.3, -0.25) is 0 Å². The van der Waals surface area contributed by atoms with Crippen LogP contribution < -0.4 is 0 Å². The summed E-state index contributed by atoms with van der Waals surface area (Å²) in [6, 6.07) is 9.84. The first kappa shape index (κ1) is 16.4. The molecule has 0 aliphatic carbocycles. The molecular formula is C18H17NO4. The summed E-state index contributed by atoms with van der Waals surface area (Å²) in [5, 5.41) is 26.3. The normalized spacial score (nSPS) is 10.6. The predicted molar refractivity (Wildman–Crippen MR) is 87.8 cm³/mol. The highest BCUT2D eigenvalue weighted by Gasteiger charge is 2.23. The number of aromatic carboxylic acids is 2. The number of carboxylic acids is 2. The van der Waals surface area contributed by atoms with Gasteiger partial charge in [0.1, 0.15) is 0 Å². The van der Waals surface area contributed by atoms with Gasteiger partial charge in [0.2, 0.25) is 0 Å². The molecule has 0 aliphatic rings. The summed E-state index contributed by atoms with van der Waals surface area (Å²) < 4.78 is 0. The fraction of sp³-hybridized carbons (Fsp3) is 0.167. The van der Waals surface area contributed by atoms with Crippen LogP contribution in [0.2, 0.25) is 0 Å². The minimum absolute atomic E-state index is 0.108. The van der Waals surface area contributed by atoms with Crippen molar-refractivity contribution >= 4 is 18.2 Å². The molecule has 0 bridgehead atoms. The van der Waals surface area contributed by atoms with Gasteiger partial charge in [0.05, 0.1) is 11.1 Å². The molecule has 0 fully saturated rings. The zero-order valence-electron chi connectivity index (χ0n) is 12.8. The van der Waals surface area contributed by atoms with E-state index in [2.05, 4.69) is 0 Å². The summed E-state index contributed by atoms with van der Waals surface area (Å²) in [6.45, 7) is 3.93. The number of carbonyl (C=O) groups is 2. The second-order valence-corrected chi connectivity index (χ2v) is 5.49. The molecule has 5 nitrogen and oxygen atoms in total. The van der Waals surface area contributed by atoms with Crippen molar-refractivity contribution in [3.63, 3.8) is 0 Å². The molecule has 0 amide bonds. The molecular weight excluding hydrogens is 294 g/mol. The van der Waals surface area contributed by atoms with Crippen LogP contribution in [0.3, 0.4) is 0 Å². The molecule has 0 radical (unpaired) electrons. The van der Waals surface area contributed by atoms with Crippen molar-refractivity contribution in [2.24, 2.45) is 0 Å². The number of hydrogen-bond acceptors (Lipinski definition) is 3. The summed E-state index contributed by atoms with van der Waals surface area (Å²) in [6.07, 6.45) is 0.941. The minimum atomic E-state index is -1.22. The summed E-state index contributed by atoms with van der Waals surface area (Å²) in [7, 11) is 0. The van der Waals surface area contributed by atoms with E-state index < -0.39 is 11.9 Å². The standard InChI is InChI=1S/C18H17NO4/c1-10(2)12-5-3-4-6-13(12)16-14(17(20)21)7-11(9-19)8-15(16)18(22)23/h3-10,19H,1-2H3,(H,20,21)(H,22,23). The Hall–Kier alpha value is -2.95. The van der Waals surface area contributed by atoms with E-state index in [1.165, 1.54) is 12.1 Å². The first-order valence-corrected chi connectivity index (χ1v) is 7.11. The van der Waals surface area contributed by atoms with Gasteiger partial charge in [-0.2, -0.15) is 0 Å². The molecule has 23 heavy (non-hydrogen) atoms. The zero-order valence-corrected chi connectivity index (χ0v) is 12.8. The Morgan fingerprint density at radius 1 is 1.04 bits per heavy atom. The summed E-state index contributed by atoms with van der Waals surface area (Å²) in [5.41, 5.74) is 1.66. The van der Waals surface area contributed by atoms with Gasteiger partial charge in [-0.15, -0.1) is 0 Å². The summed E-state index contributed by atoms with van der Waals surface area (Å²) in [4.78, 5) is 23.3. The van der Waals surface area contributed by atoms with E-state index in [0.29, 0.717) is 5.56 Å². The monoisotopic (exact) mass is 311 g/mol. The van der Waals surface area contributed by atoms with E-state index in [-0.39, 0.29) is 28.2 Å². The van der Waals surface area contributed by atoms with Crippen LogP contribution in [0.1, 0.15) is 51.6 Å². The van der Waals surface area contributed by atoms with Crippen LogP contribution in [0.15, 0.2) is 36.4 Å². The molecule has 0 atom stereocenters. The van der Waals surface area contributed by atoms with Crippen molar-refractivity contribution in [2.75, 3.05) is 0 Å². The topological polar surface area (TPSA) is 98.5 Å². The van der Waals surface area contributed by atoms with Gasteiger partial charge in [-0.05, 0) is 34.7 Å². The van der Waals surface area contributed by atoms with E-state index in [1.807, 2.05) is 26.0 Å². The maximum absolute atomic E-state index is 11.7. The quantitative estimate of drug-likeness (QED) is 0.730. The predicted octanol–water partition coefficient (Wildman–Crippen LogP) is 3.87. The molecule has 2 aromatic carbocycles. The molecule has 0 unspecified atom stereocenters. The maximum atomic E-state index is 11.7. The Morgan fingerprint density at radius 2 is 1.57 bits per heavy atom. The van der Waals surface area contributed by atoms with Gasteiger partial charge in [-0.1, -0.05) is 38.1 Å². The zero-order chi connectivity index (χ0) is 17.1. The van der Waals surface area contributed by atoms with Gasteiger partial charge >= 0.3 is 11.9 Å². The highest BCUT2D eigenvalue weighted by Crippen LogP contribution is 2.35. The Morgan fingerprint density at radius 3 is 2.00 bits per heavy atom. The SMILES string of the molecule is CC(C)c1ccccc1-c1c(C(=O)O)cc(C=N)cc1C(=O)O. The molecule has 2 rings (SSSR count). The third-order valence-corrected chi connectivity index (χ3v) is 3.64. The Bertz CT molecular complexity index is 758. The second kappa shape index (κ2) is 6.44. The molecule has 118 valence electrons. The lowest BCUT2D eigenvalue weighted by molar-refractivity contribution is 0.0696. The number of hydrogen-bond donors (Lipinski definition) is 3. The fourth-order valence-electron chi connectivity index (χ4n) is 2.60. The molecule has 0 saturated carbocycles. The molecule has 5 heteroatoms. The van der Waals surface area contributed by atoms with Crippen molar-refractivity contribution in [3.8, 4) is 11.1 Å². The number of carboxylic acid groups (broad SMARTS) is 2. The van der Waals surface area contributed by atoms with Gasteiger partial charge < -0.3 is 15.6 Å². The second-order valence-electron chi connectivity index (χ2n) is 5.49. The summed E-state index contributed by atoms with van der Waals surface area (Å²) in [5.74, 6) is -2.33. The van der Waals surface area contributed by atoms with Crippen molar-refractivity contribution in [3.05, 3.63) is 58.7 Å². The van der Waals surface area contributed by atoms with Crippen LogP contribution in [0.4, 0.5) is 0 Å². The van der Waals surface area contributed by atoms with E-state index >= 15 is 0 Å². The van der Waals surface area contributed by atoms with Gasteiger partial charge in [0.15, 0.2) is 0 Å². The average Bonchev–Trinajstić information content (AvgIpc) is 2.53. The molecule has 0 aliphatic heterocycles. The van der Waals surface area contributed by atoms with E-state index in [9.17, 15) is 19.8 Å². The lowest BCUT2D eigenvalue weighted by Crippen LogP contribution is -2.10. The van der Waals surface area contributed by atoms with Crippen molar-refractivity contribution < 1.29 is 19.8 Å². The summed E-state index contributed by atoms with van der Waals surface area (Å²) >= 11 is 0. The Balaban J connectivity index is 2.93. The van der Waals surface area contributed by atoms with Crippen LogP contribution in [0.25, 0.3) is 11.1 Å². The Labute approximate surface area is 133 Å². The van der Waals surface area contributed by atoms with Crippen LogP contribution in [0.5, 0.6) is 0 Å². The van der Waals surface area contributed by atoms with E-state index in [0.717, 1.165) is 11.8 Å². The third kappa shape index (κ3) is 3.13. The van der Waals surface area contributed by atoms with Crippen molar-refractivity contribution in [1.29, 1.82) is 5.41 Å². The molecule has 0 spiro atoms. The molecule has 0 heterocycles. The smallest absolute Gasteiger partial charge is 0.336 e. The largest absolute Gasteiger partial charge is 0.478 e. The van der Waals surface area contributed by atoms with Crippen molar-refractivity contribution in [1.82, 2.24) is 0 Å². The number of benzene rings is 2. The van der Waals surface area contributed by atoms with E-state index in [1.54, 1.807) is 12.1 Å². The average molecular weight is 311 g/mol. The molecule has 0 saturated heterocycles. The van der Waals surface area contributed by atoms with Crippen LogP contribution >= 0.6 is 0 Å². The first-order valence-electron chi connectivity index (χ1n) is 7.11. The highest BCUT2D eigenvalue weighted by molar-refractivity contribution is 6.07. The van der Waals surface area contributed by atoms with Crippen LogP contribution in [0, 0.1) is 5.41 Å². The maximum Gasteiger partial charge on any atom is 0.336 e. The van der Waals surface area contributed by atoms with E-state index in [4.69, 9.17) is 5.41 Å². The van der Waals surface area contributed by atoms with Gasteiger partial charge in [0, 0.05) is 11.8 Å². The van der Waals surface area contributed by atoms with Gasteiger partial charge in [0.25, 0.3) is 0 Å².